The van der Waals surface area contributed by atoms with E-state index in [2.05, 4.69) is 20.2 Å². The highest BCUT2D eigenvalue weighted by molar-refractivity contribution is 7.92. The van der Waals surface area contributed by atoms with Crippen molar-refractivity contribution in [2.75, 3.05) is 15.8 Å². The van der Waals surface area contributed by atoms with Crippen molar-refractivity contribution in [3.05, 3.63) is 36.3 Å². The molecular formula is C12H16N4O3S. The van der Waals surface area contributed by atoms with Crippen molar-refractivity contribution >= 4 is 21.7 Å². The highest BCUT2D eigenvalue weighted by atomic mass is 32.2. The molecule has 0 radical (unpaired) electrons. The van der Waals surface area contributed by atoms with Crippen LogP contribution in [0.5, 0.6) is 0 Å². The third kappa shape index (κ3) is 4.23. The maximum Gasteiger partial charge on any atom is 0.233 e. The second-order valence-electron chi connectivity index (χ2n) is 4.16. The molecule has 108 valence electrons. The van der Waals surface area contributed by atoms with Gasteiger partial charge in [0.25, 0.3) is 0 Å². The second kappa shape index (κ2) is 6.38. The summed E-state index contributed by atoms with van der Waals surface area (Å²) in [4.78, 5) is 0. The summed E-state index contributed by atoms with van der Waals surface area (Å²) in [6.45, 7) is 2.29. The van der Waals surface area contributed by atoms with Crippen LogP contribution in [0.15, 0.2) is 34.9 Å². The molecule has 2 heterocycles. The number of aromatic nitrogens is 2. The summed E-state index contributed by atoms with van der Waals surface area (Å²) in [6, 6.07) is 6.85. The average Bonchev–Trinajstić information content (AvgIpc) is 2.90. The van der Waals surface area contributed by atoms with Gasteiger partial charge < -0.3 is 9.73 Å². The first-order valence-corrected chi connectivity index (χ1v) is 7.85. The van der Waals surface area contributed by atoms with Crippen molar-refractivity contribution in [1.29, 1.82) is 0 Å². The van der Waals surface area contributed by atoms with Crippen molar-refractivity contribution in [2.45, 2.75) is 19.9 Å². The lowest BCUT2D eigenvalue weighted by Crippen LogP contribution is -2.17. The van der Waals surface area contributed by atoms with E-state index in [0.29, 0.717) is 18.8 Å². The smallest absolute Gasteiger partial charge is 0.233 e. The summed E-state index contributed by atoms with van der Waals surface area (Å²) in [5.74, 6) is 1.59. The van der Waals surface area contributed by atoms with Crippen molar-refractivity contribution in [3.63, 3.8) is 0 Å². The average molecular weight is 296 g/mol. The number of anilines is 2. The summed E-state index contributed by atoms with van der Waals surface area (Å²) in [7, 11) is -3.33. The van der Waals surface area contributed by atoms with E-state index < -0.39 is 10.0 Å². The summed E-state index contributed by atoms with van der Waals surface area (Å²) >= 11 is 0. The number of sulfonamides is 1. The number of nitrogens with one attached hydrogen (secondary N) is 2. The Morgan fingerprint density at radius 1 is 1.20 bits per heavy atom. The van der Waals surface area contributed by atoms with Gasteiger partial charge in [-0.1, -0.05) is 6.92 Å². The highest BCUT2D eigenvalue weighted by Gasteiger charge is 2.09. The molecule has 0 saturated carbocycles. The van der Waals surface area contributed by atoms with Crippen molar-refractivity contribution in [3.8, 4) is 0 Å². The number of furan rings is 1. The van der Waals surface area contributed by atoms with Gasteiger partial charge in [0.2, 0.25) is 10.0 Å². The quantitative estimate of drug-likeness (QED) is 0.809. The maximum atomic E-state index is 11.6. The highest BCUT2D eigenvalue weighted by Crippen LogP contribution is 2.10. The van der Waals surface area contributed by atoms with E-state index in [0.717, 1.165) is 5.76 Å². The van der Waals surface area contributed by atoms with Crippen molar-refractivity contribution < 1.29 is 12.8 Å². The van der Waals surface area contributed by atoms with Crippen LogP contribution in [0, 0.1) is 0 Å². The molecule has 2 aromatic heterocycles. The molecule has 2 aromatic rings. The summed E-state index contributed by atoms with van der Waals surface area (Å²) in [5.41, 5.74) is 0. The minimum absolute atomic E-state index is 0.0627. The molecule has 2 rings (SSSR count). The summed E-state index contributed by atoms with van der Waals surface area (Å²) in [6.07, 6.45) is 2.14. The molecule has 7 nitrogen and oxygen atoms in total. The van der Waals surface area contributed by atoms with Gasteiger partial charge in [0.05, 0.1) is 18.6 Å². The third-order valence-corrected chi connectivity index (χ3v) is 3.89. The lowest BCUT2D eigenvalue weighted by Gasteiger charge is -2.06. The van der Waals surface area contributed by atoms with Crippen LogP contribution in [-0.2, 0) is 16.6 Å². The van der Waals surface area contributed by atoms with Crippen LogP contribution in [0.25, 0.3) is 0 Å². The van der Waals surface area contributed by atoms with Crippen LogP contribution in [0.3, 0.4) is 0 Å². The van der Waals surface area contributed by atoms with Gasteiger partial charge in [0.1, 0.15) is 11.6 Å². The van der Waals surface area contributed by atoms with E-state index in [1.165, 1.54) is 0 Å². The minimum atomic E-state index is -3.33. The molecule has 8 heteroatoms. The van der Waals surface area contributed by atoms with Gasteiger partial charge in [-0.25, -0.2) is 8.42 Å². The lowest BCUT2D eigenvalue weighted by atomic mass is 10.4. The predicted molar refractivity (Wildman–Crippen MR) is 75.8 cm³/mol. The first kappa shape index (κ1) is 14.3. The van der Waals surface area contributed by atoms with Crippen molar-refractivity contribution in [1.82, 2.24) is 10.2 Å². The van der Waals surface area contributed by atoms with Gasteiger partial charge in [-0.15, -0.1) is 10.2 Å². The zero-order valence-corrected chi connectivity index (χ0v) is 11.9. The van der Waals surface area contributed by atoms with Crippen LogP contribution in [0.2, 0.25) is 0 Å². The van der Waals surface area contributed by atoms with E-state index >= 15 is 0 Å². The third-order valence-electron chi connectivity index (χ3n) is 2.42. The lowest BCUT2D eigenvalue weighted by molar-refractivity contribution is 0.517. The molecule has 0 fully saturated rings. The molecule has 0 aliphatic heterocycles. The van der Waals surface area contributed by atoms with Gasteiger partial charge in [-0.3, -0.25) is 4.72 Å². The van der Waals surface area contributed by atoms with E-state index in [9.17, 15) is 8.42 Å². The molecule has 20 heavy (non-hydrogen) atoms. The molecule has 0 amide bonds. The van der Waals surface area contributed by atoms with Crippen molar-refractivity contribution in [2.24, 2.45) is 0 Å². The number of hydrogen-bond donors (Lipinski definition) is 2. The Morgan fingerprint density at radius 2 is 1.95 bits per heavy atom. The Bertz CT molecular complexity index is 623. The fraction of sp³-hybridized carbons (Fsp3) is 0.333. The Kier molecular flexibility index (Phi) is 4.57. The first-order chi connectivity index (χ1) is 9.59. The van der Waals surface area contributed by atoms with E-state index in [1.807, 2.05) is 6.07 Å². The first-order valence-electron chi connectivity index (χ1n) is 6.19. The Morgan fingerprint density at radius 3 is 2.55 bits per heavy atom. The fourth-order valence-electron chi connectivity index (χ4n) is 1.55. The molecule has 0 aliphatic rings. The van der Waals surface area contributed by atoms with E-state index in [-0.39, 0.29) is 11.6 Å². The molecule has 0 atom stereocenters. The van der Waals surface area contributed by atoms with Gasteiger partial charge in [-0.2, -0.15) is 0 Å². The molecule has 0 unspecified atom stereocenters. The topological polar surface area (TPSA) is 97.1 Å². The van der Waals surface area contributed by atoms with Gasteiger partial charge in [0.15, 0.2) is 5.82 Å². The van der Waals surface area contributed by atoms with Crippen LogP contribution < -0.4 is 10.0 Å². The monoisotopic (exact) mass is 296 g/mol. The number of rotatable bonds is 7. The van der Waals surface area contributed by atoms with Crippen LogP contribution >= 0.6 is 0 Å². The number of hydrogen-bond acceptors (Lipinski definition) is 6. The Balaban J connectivity index is 1.92. The summed E-state index contributed by atoms with van der Waals surface area (Å²) < 4.78 is 30.7. The van der Waals surface area contributed by atoms with Crippen LogP contribution in [0.4, 0.5) is 11.6 Å². The predicted octanol–water partition coefficient (Wildman–Crippen LogP) is 1.83. The fourth-order valence-corrected chi connectivity index (χ4v) is 2.62. The van der Waals surface area contributed by atoms with Gasteiger partial charge in [0, 0.05) is 0 Å². The standard InChI is InChI=1S/C12H16N4O3S/c1-2-8-20(17,18)16-12-6-5-11(14-15-12)13-9-10-4-3-7-19-10/h3-7H,2,8-9H2,1H3,(H,13,14)(H,15,16). The van der Waals surface area contributed by atoms with Gasteiger partial charge >= 0.3 is 0 Å². The summed E-state index contributed by atoms with van der Waals surface area (Å²) in [5, 5.41) is 10.7. The molecule has 0 bridgehead atoms. The molecule has 0 aliphatic carbocycles. The maximum absolute atomic E-state index is 11.6. The van der Waals surface area contributed by atoms with Crippen LogP contribution in [0.1, 0.15) is 19.1 Å². The van der Waals surface area contributed by atoms with Gasteiger partial charge in [-0.05, 0) is 30.7 Å². The molecule has 2 N–H and O–H groups in total. The Labute approximate surface area is 117 Å². The van der Waals surface area contributed by atoms with E-state index in [1.54, 1.807) is 31.4 Å². The second-order valence-corrected chi connectivity index (χ2v) is 6.00. The van der Waals surface area contributed by atoms with E-state index in [4.69, 9.17) is 4.42 Å². The number of nitrogens with zero attached hydrogens (tertiary/aromatic N) is 2. The molecule has 0 saturated heterocycles. The zero-order chi connectivity index (χ0) is 14.4. The minimum Gasteiger partial charge on any atom is -0.467 e. The SMILES string of the molecule is CCCS(=O)(=O)Nc1ccc(NCc2ccco2)nn1. The molecular weight excluding hydrogens is 280 g/mol. The zero-order valence-electron chi connectivity index (χ0n) is 11.0. The van der Waals surface area contributed by atoms with Crippen LogP contribution in [-0.4, -0.2) is 24.4 Å². The Hall–Kier alpha value is -2.09. The molecule has 0 spiro atoms. The largest absolute Gasteiger partial charge is 0.467 e. The normalized spacial score (nSPS) is 11.2. The molecule has 0 aromatic carbocycles.